The molecular formula is C9H9BrN4S. The zero-order chi connectivity index (χ0) is 10.8. The number of halogens is 1. The van der Waals surface area contributed by atoms with Crippen LogP contribution in [0, 0.1) is 6.92 Å². The van der Waals surface area contributed by atoms with Gasteiger partial charge in [0, 0.05) is 17.7 Å². The first-order valence-corrected chi connectivity index (χ1v) is 5.92. The molecular weight excluding hydrogens is 276 g/mol. The molecule has 0 aromatic carbocycles. The van der Waals surface area contributed by atoms with E-state index in [1.807, 2.05) is 20.0 Å². The molecule has 0 saturated carbocycles. The van der Waals surface area contributed by atoms with Gasteiger partial charge in [-0.15, -0.1) is 0 Å². The average molecular weight is 285 g/mol. The van der Waals surface area contributed by atoms with Gasteiger partial charge >= 0.3 is 0 Å². The molecule has 0 fully saturated rings. The number of hydrogen-bond donors (Lipinski definition) is 0. The van der Waals surface area contributed by atoms with E-state index in [-0.39, 0.29) is 0 Å². The van der Waals surface area contributed by atoms with Crippen LogP contribution in [-0.4, -0.2) is 19.7 Å². The van der Waals surface area contributed by atoms with E-state index in [4.69, 9.17) is 0 Å². The van der Waals surface area contributed by atoms with E-state index in [0.29, 0.717) is 0 Å². The summed E-state index contributed by atoms with van der Waals surface area (Å²) in [5, 5.41) is 5.76. The molecule has 0 radical (unpaired) electrons. The molecule has 6 heteroatoms. The zero-order valence-electron chi connectivity index (χ0n) is 8.31. The Hall–Kier alpha value is -0.880. The van der Waals surface area contributed by atoms with E-state index in [2.05, 4.69) is 31.0 Å². The lowest BCUT2D eigenvalue weighted by atomic mass is 10.3. The van der Waals surface area contributed by atoms with Crippen LogP contribution in [0.5, 0.6) is 0 Å². The van der Waals surface area contributed by atoms with Gasteiger partial charge < -0.3 is 0 Å². The van der Waals surface area contributed by atoms with Crippen LogP contribution in [0.1, 0.15) is 5.56 Å². The third-order valence-corrected chi connectivity index (χ3v) is 3.70. The van der Waals surface area contributed by atoms with Crippen molar-refractivity contribution in [2.75, 3.05) is 0 Å². The van der Waals surface area contributed by atoms with Crippen molar-refractivity contribution in [3.05, 3.63) is 28.6 Å². The summed E-state index contributed by atoms with van der Waals surface area (Å²) in [5.41, 5.74) is 1.16. The number of aromatic nitrogens is 4. The first-order chi connectivity index (χ1) is 7.16. The van der Waals surface area contributed by atoms with Crippen LogP contribution < -0.4 is 0 Å². The summed E-state index contributed by atoms with van der Waals surface area (Å²) in [5.74, 6) is 0. The summed E-state index contributed by atoms with van der Waals surface area (Å²) in [6, 6.07) is 2.02. The maximum Gasteiger partial charge on any atom is 0.192 e. The van der Waals surface area contributed by atoms with Crippen LogP contribution in [0.4, 0.5) is 0 Å². The summed E-state index contributed by atoms with van der Waals surface area (Å²) in [7, 11) is 1.86. The highest BCUT2D eigenvalue weighted by atomic mass is 79.9. The fourth-order valence-corrected chi connectivity index (χ4v) is 2.07. The highest BCUT2D eigenvalue weighted by Gasteiger charge is 2.05. The Labute approximate surface area is 100 Å². The minimum atomic E-state index is 0.837. The van der Waals surface area contributed by atoms with E-state index in [9.17, 15) is 0 Å². The van der Waals surface area contributed by atoms with E-state index >= 15 is 0 Å². The van der Waals surface area contributed by atoms with Crippen LogP contribution in [0.25, 0.3) is 0 Å². The number of nitrogens with zero attached hydrogens (tertiary/aromatic N) is 4. The fourth-order valence-electron chi connectivity index (χ4n) is 1.04. The second-order valence-corrected chi connectivity index (χ2v) is 4.88. The number of aryl methyl sites for hydroxylation is 2. The molecule has 2 aromatic rings. The molecule has 0 spiro atoms. The van der Waals surface area contributed by atoms with Crippen LogP contribution in [-0.2, 0) is 7.05 Å². The molecule has 0 amide bonds. The smallest absolute Gasteiger partial charge is 0.192 e. The zero-order valence-corrected chi connectivity index (χ0v) is 10.7. The quantitative estimate of drug-likeness (QED) is 0.850. The second-order valence-electron chi connectivity index (χ2n) is 3.04. The number of hydrogen-bond acceptors (Lipinski definition) is 4. The lowest BCUT2D eigenvalue weighted by molar-refractivity contribution is 0.684. The van der Waals surface area contributed by atoms with Crippen molar-refractivity contribution < 1.29 is 0 Å². The van der Waals surface area contributed by atoms with Crippen molar-refractivity contribution in [1.29, 1.82) is 0 Å². The van der Waals surface area contributed by atoms with E-state index in [0.717, 1.165) is 20.2 Å². The third-order valence-electron chi connectivity index (χ3n) is 1.89. The van der Waals surface area contributed by atoms with Gasteiger partial charge in [-0.2, -0.15) is 5.10 Å². The SMILES string of the molecule is Cc1cc(Sc2ncnn2C)ncc1Br. The highest BCUT2D eigenvalue weighted by molar-refractivity contribution is 9.10. The molecule has 0 aliphatic carbocycles. The molecule has 0 N–H and O–H groups in total. The van der Waals surface area contributed by atoms with E-state index in [1.165, 1.54) is 18.1 Å². The fraction of sp³-hybridized carbons (Fsp3) is 0.222. The normalized spacial score (nSPS) is 10.6. The van der Waals surface area contributed by atoms with Gasteiger partial charge in [0.15, 0.2) is 5.16 Å². The molecule has 0 saturated heterocycles. The van der Waals surface area contributed by atoms with Gasteiger partial charge in [-0.05, 0) is 46.2 Å². The molecule has 0 unspecified atom stereocenters. The largest absolute Gasteiger partial charge is 0.248 e. The van der Waals surface area contributed by atoms with Crippen LogP contribution >= 0.6 is 27.7 Å². The molecule has 78 valence electrons. The molecule has 2 aromatic heterocycles. The molecule has 0 aliphatic rings. The standard InChI is InChI=1S/C9H9BrN4S/c1-6-3-8(11-4-7(6)10)15-9-12-5-13-14(9)2/h3-5H,1-2H3. The highest BCUT2D eigenvalue weighted by Crippen LogP contribution is 2.26. The van der Waals surface area contributed by atoms with Gasteiger partial charge in [0.2, 0.25) is 0 Å². The average Bonchev–Trinajstić information content (AvgIpc) is 2.59. The van der Waals surface area contributed by atoms with Crippen LogP contribution in [0.15, 0.2) is 33.2 Å². The Balaban J connectivity index is 2.25. The van der Waals surface area contributed by atoms with Crippen LogP contribution in [0.3, 0.4) is 0 Å². The Bertz CT molecular complexity index is 483. The molecule has 2 heterocycles. The topological polar surface area (TPSA) is 43.6 Å². The Morgan fingerprint density at radius 2 is 2.20 bits per heavy atom. The van der Waals surface area contributed by atoms with Crippen molar-refractivity contribution in [2.24, 2.45) is 7.05 Å². The van der Waals surface area contributed by atoms with Gasteiger partial charge in [0.25, 0.3) is 0 Å². The summed E-state index contributed by atoms with van der Waals surface area (Å²) in [6.07, 6.45) is 3.34. The van der Waals surface area contributed by atoms with Gasteiger partial charge in [-0.1, -0.05) is 0 Å². The van der Waals surface area contributed by atoms with E-state index in [1.54, 1.807) is 10.9 Å². The maximum atomic E-state index is 4.29. The van der Waals surface area contributed by atoms with Gasteiger partial charge in [0.05, 0.1) is 0 Å². The molecule has 0 atom stereocenters. The van der Waals surface area contributed by atoms with Gasteiger partial charge in [-0.25, -0.2) is 14.6 Å². The van der Waals surface area contributed by atoms with Crippen molar-refractivity contribution in [3.8, 4) is 0 Å². The minimum absolute atomic E-state index is 0.837. The monoisotopic (exact) mass is 284 g/mol. The molecule has 2 rings (SSSR count). The first-order valence-electron chi connectivity index (χ1n) is 4.31. The van der Waals surface area contributed by atoms with E-state index < -0.39 is 0 Å². The summed E-state index contributed by atoms with van der Waals surface area (Å²) in [6.45, 7) is 2.03. The maximum absolute atomic E-state index is 4.29. The lowest BCUT2D eigenvalue weighted by Crippen LogP contribution is -1.93. The Kier molecular flexibility index (Phi) is 3.06. The molecule has 0 bridgehead atoms. The number of rotatable bonds is 2. The summed E-state index contributed by atoms with van der Waals surface area (Å²) >= 11 is 4.92. The van der Waals surface area contributed by atoms with Gasteiger partial charge in [-0.3, -0.25) is 0 Å². The third kappa shape index (κ3) is 2.38. The Morgan fingerprint density at radius 1 is 1.40 bits per heavy atom. The van der Waals surface area contributed by atoms with Gasteiger partial charge in [0.1, 0.15) is 11.4 Å². The summed E-state index contributed by atoms with van der Waals surface area (Å²) in [4.78, 5) is 8.42. The predicted molar refractivity (Wildman–Crippen MR) is 61.8 cm³/mol. The molecule has 0 aliphatic heterocycles. The lowest BCUT2D eigenvalue weighted by Gasteiger charge is -2.02. The van der Waals surface area contributed by atoms with Crippen molar-refractivity contribution >= 4 is 27.7 Å². The molecule has 15 heavy (non-hydrogen) atoms. The van der Waals surface area contributed by atoms with Crippen molar-refractivity contribution in [3.63, 3.8) is 0 Å². The molecule has 4 nitrogen and oxygen atoms in total. The first kappa shape index (κ1) is 10.6. The van der Waals surface area contributed by atoms with Crippen molar-refractivity contribution in [2.45, 2.75) is 17.1 Å². The second kappa shape index (κ2) is 4.32. The summed E-state index contributed by atoms with van der Waals surface area (Å²) < 4.78 is 2.74. The van der Waals surface area contributed by atoms with Crippen LogP contribution in [0.2, 0.25) is 0 Å². The van der Waals surface area contributed by atoms with Crippen molar-refractivity contribution in [1.82, 2.24) is 19.7 Å². The Morgan fingerprint density at radius 3 is 2.80 bits per heavy atom. The minimum Gasteiger partial charge on any atom is -0.248 e. The predicted octanol–water partition coefficient (Wildman–Crippen LogP) is 2.43. The number of pyridine rings is 1.